The van der Waals surface area contributed by atoms with Gasteiger partial charge < -0.3 is 14.5 Å². The van der Waals surface area contributed by atoms with Crippen molar-refractivity contribution in [2.75, 3.05) is 32.8 Å². The van der Waals surface area contributed by atoms with E-state index in [1.807, 2.05) is 42.1 Å². The molecule has 1 aromatic carbocycles. The Morgan fingerprint density at radius 2 is 1.73 bits per heavy atom. The van der Waals surface area contributed by atoms with Crippen LogP contribution in [0.4, 0.5) is 4.79 Å². The summed E-state index contributed by atoms with van der Waals surface area (Å²) >= 11 is 1.34. The van der Waals surface area contributed by atoms with Crippen LogP contribution in [-0.2, 0) is 16.0 Å². The summed E-state index contributed by atoms with van der Waals surface area (Å²) in [5, 5.41) is 6.60. The molecule has 0 saturated carbocycles. The minimum Gasteiger partial charge on any atom is -0.450 e. The van der Waals surface area contributed by atoms with Crippen LogP contribution in [0.2, 0.25) is 0 Å². The number of nitrogens with zero attached hydrogens (tertiary/aromatic N) is 6. The molecule has 0 spiro atoms. The quantitative estimate of drug-likeness (QED) is 0.349. The Morgan fingerprint density at radius 1 is 1.05 bits per heavy atom. The number of carbonyl (C=O) groups is 2. The highest BCUT2D eigenvalue weighted by atomic mass is 32.1. The van der Waals surface area contributed by atoms with E-state index in [2.05, 4.69) is 26.0 Å². The van der Waals surface area contributed by atoms with Gasteiger partial charge in [-0.2, -0.15) is 5.10 Å². The average molecular weight is 563 g/mol. The van der Waals surface area contributed by atoms with Crippen LogP contribution in [0.1, 0.15) is 49.3 Å². The zero-order chi connectivity index (χ0) is 28.6. The van der Waals surface area contributed by atoms with E-state index in [0.29, 0.717) is 66.3 Å². The highest BCUT2D eigenvalue weighted by Crippen LogP contribution is 2.25. The number of hydrogen-bond acceptors (Lipinski definition) is 7. The molecule has 1 aliphatic rings. The predicted molar refractivity (Wildman–Crippen MR) is 154 cm³/mol. The molecule has 0 unspecified atom stereocenters. The van der Waals surface area contributed by atoms with E-state index in [-0.39, 0.29) is 24.0 Å². The van der Waals surface area contributed by atoms with E-state index in [1.54, 1.807) is 16.7 Å². The Hall–Kier alpha value is -3.99. The first-order chi connectivity index (χ1) is 19.2. The van der Waals surface area contributed by atoms with Crippen molar-refractivity contribution in [2.45, 2.75) is 47.0 Å². The third-order valence-corrected chi connectivity index (χ3v) is 8.13. The number of hydrogen-bond donors (Lipinski definition) is 0. The van der Waals surface area contributed by atoms with E-state index in [4.69, 9.17) is 14.8 Å². The normalized spacial score (nSPS) is 13.8. The summed E-state index contributed by atoms with van der Waals surface area (Å²) in [4.78, 5) is 47.6. The molecule has 1 saturated heterocycles. The molecule has 40 heavy (non-hydrogen) atoms. The minimum atomic E-state index is -0.357. The molecule has 10 nitrogen and oxygen atoms in total. The number of benzene rings is 1. The molecule has 1 aliphatic heterocycles. The monoisotopic (exact) mass is 562 g/mol. The topological polar surface area (TPSA) is 102 Å². The molecular weight excluding hydrogens is 528 g/mol. The maximum Gasteiger partial charge on any atom is 0.409 e. The summed E-state index contributed by atoms with van der Waals surface area (Å²) in [6.45, 7) is 11.9. The van der Waals surface area contributed by atoms with E-state index >= 15 is 0 Å². The zero-order valence-electron chi connectivity index (χ0n) is 23.5. The number of aryl methyl sites for hydroxylation is 2. The lowest BCUT2D eigenvalue weighted by Gasteiger charge is -2.34. The van der Waals surface area contributed by atoms with Crippen LogP contribution in [0.15, 0.2) is 40.5 Å². The molecule has 0 radical (unpaired) electrons. The number of ether oxygens (including phenoxy) is 1. The minimum absolute atomic E-state index is 0.0686. The molecule has 5 rings (SSSR count). The molecule has 0 N–H and O–H groups in total. The van der Waals surface area contributed by atoms with Crippen LogP contribution >= 0.6 is 11.3 Å². The standard InChI is InChI=1S/C29H34N6O4S/c1-6-39-29(38)33-13-11-32(12-14-33)25(36)16-23-17-40-28-30-20(5)26(27(37)34(23)28)24-15-19(4)35(31-24)22-9-7-21(8-10-22)18(2)3/h7-10,15,17-18H,6,11-14,16H2,1-5H3. The van der Waals surface area contributed by atoms with Gasteiger partial charge in [0, 0.05) is 42.9 Å². The molecule has 2 amide bonds. The Kier molecular flexibility index (Phi) is 7.75. The van der Waals surface area contributed by atoms with Gasteiger partial charge in [-0.3, -0.25) is 14.0 Å². The van der Waals surface area contributed by atoms with Gasteiger partial charge in [-0.05, 0) is 50.5 Å². The van der Waals surface area contributed by atoms with Crippen LogP contribution in [0, 0.1) is 13.8 Å². The average Bonchev–Trinajstić information content (AvgIpc) is 3.51. The maximum absolute atomic E-state index is 13.8. The van der Waals surface area contributed by atoms with Crippen LogP contribution in [0.3, 0.4) is 0 Å². The maximum atomic E-state index is 13.8. The number of amides is 2. The second-order valence-corrected chi connectivity index (χ2v) is 11.1. The van der Waals surface area contributed by atoms with Gasteiger partial charge in [0.05, 0.1) is 30.0 Å². The number of rotatable bonds is 6. The molecular formula is C29H34N6O4S. The zero-order valence-corrected chi connectivity index (χ0v) is 24.3. The van der Waals surface area contributed by atoms with Gasteiger partial charge in [-0.25, -0.2) is 14.5 Å². The first kappa shape index (κ1) is 27.6. The molecule has 3 aromatic heterocycles. The van der Waals surface area contributed by atoms with E-state index in [0.717, 1.165) is 11.4 Å². The van der Waals surface area contributed by atoms with Crippen molar-refractivity contribution in [1.82, 2.24) is 29.0 Å². The van der Waals surface area contributed by atoms with Gasteiger partial charge in [0.1, 0.15) is 5.69 Å². The molecule has 4 aromatic rings. The van der Waals surface area contributed by atoms with Crippen molar-refractivity contribution in [3.63, 3.8) is 0 Å². The largest absolute Gasteiger partial charge is 0.450 e. The van der Waals surface area contributed by atoms with Gasteiger partial charge in [0.15, 0.2) is 4.96 Å². The first-order valence-corrected chi connectivity index (χ1v) is 14.4. The number of piperazine rings is 1. The van der Waals surface area contributed by atoms with Crippen molar-refractivity contribution in [3.8, 4) is 16.9 Å². The molecule has 4 heterocycles. The van der Waals surface area contributed by atoms with Crippen LogP contribution < -0.4 is 5.56 Å². The lowest BCUT2D eigenvalue weighted by atomic mass is 10.0. The number of carbonyl (C=O) groups excluding carboxylic acids is 2. The fourth-order valence-electron chi connectivity index (χ4n) is 5.00. The fraction of sp³-hybridized carbons (Fsp3) is 0.414. The second kappa shape index (κ2) is 11.2. The van der Waals surface area contributed by atoms with Crippen molar-refractivity contribution in [1.29, 1.82) is 0 Å². The van der Waals surface area contributed by atoms with Crippen molar-refractivity contribution < 1.29 is 14.3 Å². The summed E-state index contributed by atoms with van der Waals surface area (Å²) in [6, 6.07) is 10.2. The molecule has 0 aliphatic carbocycles. The van der Waals surface area contributed by atoms with E-state index in [9.17, 15) is 14.4 Å². The van der Waals surface area contributed by atoms with Gasteiger partial charge in [0.25, 0.3) is 5.56 Å². The van der Waals surface area contributed by atoms with Gasteiger partial charge >= 0.3 is 6.09 Å². The van der Waals surface area contributed by atoms with Crippen molar-refractivity contribution in [3.05, 3.63) is 68.7 Å². The molecule has 11 heteroatoms. The highest BCUT2D eigenvalue weighted by Gasteiger charge is 2.26. The molecule has 0 bridgehead atoms. The molecule has 210 valence electrons. The molecule has 0 atom stereocenters. The number of thiazole rings is 1. The third-order valence-electron chi connectivity index (χ3n) is 7.26. The van der Waals surface area contributed by atoms with Crippen LogP contribution in [-0.4, -0.2) is 73.8 Å². The Morgan fingerprint density at radius 3 is 2.38 bits per heavy atom. The Balaban J connectivity index is 1.40. The van der Waals surface area contributed by atoms with Crippen molar-refractivity contribution in [2.24, 2.45) is 0 Å². The summed E-state index contributed by atoms with van der Waals surface area (Å²) < 4.78 is 8.43. The van der Waals surface area contributed by atoms with Crippen LogP contribution in [0.25, 0.3) is 21.9 Å². The third kappa shape index (κ3) is 5.25. The molecule has 1 fully saturated rings. The predicted octanol–water partition coefficient (Wildman–Crippen LogP) is 4.19. The first-order valence-electron chi connectivity index (χ1n) is 13.5. The summed E-state index contributed by atoms with van der Waals surface area (Å²) in [5.74, 6) is 0.340. The lowest BCUT2D eigenvalue weighted by Crippen LogP contribution is -2.51. The van der Waals surface area contributed by atoms with Crippen LogP contribution in [0.5, 0.6) is 0 Å². The second-order valence-electron chi connectivity index (χ2n) is 10.3. The van der Waals surface area contributed by atoms with Gasteiger partial charge in [-0.1, -0.05) is 26.0 Å². The summed E-state index contributed by atoms with van der Waals surface area (Å²) in [5.41, 5.74) is 5.00. The van der Waals surface area contributed by atoms with Gasteiger partial charge in [-0.15, -0.1) is 11.3 Å². The Labute approximate surface area is 236 Å². The summed E-state index contributed by atoms with van der Waals surface area (Å²) in [7, 11) is 0. The number of aromatic nitrogens is 4. The highest BCUT2D eigenvalue weighted by molar-refractivity contribution is 7.15. The number of fused-ring (bicyclic) bond motifs is 1. The van der Waals surface area contributed by atoms with Gasteiger partial charge in [0.2, 0.25) is 5.91 Å². The van der Waals surface area contributed by atoms with E-state index in [1.165, 1.54) is 21.3 Å². The summed E-state index contributed by atoms with van der Waals surface area (Å²) in [6.07, 6.45) is -0.289. The smallest absolute Gasteiger partial charge is 0.409 e. The Bertz CT molecular complexity index is 1610. The SMILES string of the molecule is CCOC(=O)N1CCN(C(=O)Cc2csc3nc(C)c(-c4cc(C)n(-c5ccc(C(C)C)cc5)n4)c(=O)n23)CC1. The fourth-order valence-corrected chi connectivity index (χ4v) is 5.93. The lowest BCUT2D eigenvalue weighted by molar-refractivity contribution is -0.132. The van der Waals surface area contributed by atoms with Crippen molar-refractivity contribution >= 4 is 28.3 Å². The van der Waals surface area contributed by atoms with E-state index < -0.39 is 0 Å².